The van der Waals surface area contributed by atoms with Gasteiger partial charge in [0.25, 0.3) is 0 Å². The van der Waals surface area contributed by atoms with Crippen molar-refractivity contribution in [1.29, 1.82) is 0 Å². The van der Waals surface area contributed by atoms with Crippen LogP contribution >= 0.6 is 11.8 Å². The lowest BCUT2D eigenvalue weighted by molar-refractivity contribution is 0.703. The minimum absolute atomic E-state index is 0.615. The van der Waals surface area contributed by atoms with Crippen molar-refractivity contribution in [2.45, 2.75) is 18.7 Å². The van der Waals surface area contributed by atoms with Gasteiger partial charge in [-0.05, 0) is 17.7 Å². The van der Waals surface area contributed by atoms with E-state index in [1.807, 2.05) is 23.5 Å². The lowest BCUT2D eigenvalue weighted by atomic mass is 10.1. The van der Waals surface area contributed by atoms with Crippen LogP contribution in [0.15, 0.2) is 0 Å². The summed E-state index contributed by atoms with van der Waals surface area (Å²) in [5, 5.41) is 4.44. The molecule has 12 heavy (non-hydrogen) atoms. The summed E-state index contributed by atoms with van der Waals surface area (Å²) in [5.74, 6) is 2.27. The van der Waals surface area contributed by atoms with Gasteiger partial charge in [-0.2, -0.15) is 16.9 Å². The van der Waals surface area contributed by atoms with Gasteiger partial charge in [-0.1, -0.05) is 0 Å². The number of rotatable bonds is 1. The molecule has 1 aliphatic rings. The molecule has 0 amide bonds. The monoisotopic (exact) mass is 183 g/mol. The Hall–Kier alpha value is -0.480. The molecule has 66 valence electrons. The van der Waals surface area contributed by atoms with Crippen molar-refractivity contribution < 1.29 is 0 Å². The summed E-state index contributed by atoms with van der Waals surface area (Å²) >= 11 is 1.95. The van der Waals surface area contributed by atoms with Gasteiger partial charge in [0, 0.05) is 19.3 Å². The molecule has 0 bridgehead atoms. The van der Waals surface area contributed by atoms with E-state index in [4.69, 9.17) is 5.73 Å². The molecule has 2 heterocycles. The number of aromatic nitrogens is 2. The van der Waals surface area contributed by atoms with Gasteiger partial charge < -0.3 is 5.73 Å². The Bertz CT molecular complexity index is 293. The van der Waals surface area contributed by atoms with Crippen LogP contribution in [0.25, 0.3) is 0 Å². The Morgan fingerprint density at radius 2 is 2.50 bits per heavy atom. The molecular weight excluding hydrogens is 170 g/mol. The lowest BCUT2D eigenvalue weighted by Gasteiger charge is -2.09. The third kappa shape index (κ3) is 1.15. The first kappa shape index (κ1) is 8.13. The zero-order valence-electron chi connectivity index (χ0n) is 7.21. The maximum absolute atomic E-state index is 5.65. The molecule has 0 fully saturated rings. The summed E-state index contributed by atoms with van der Waals surface area (Å²) in [6.45, 7) is 0.615. The molecule has 1 aromatic heterocycles. The van der Waals surface area contributed by atoms with Crippen LogP contribution in [-0.4, -0.2) is 15.5 Å². The van der Waals surface area contributed by atoms with Crippen LogP contribution in [0, 0.1) is 0 Å². The number of nitrogens with two attached hydrogens (primary N) is 1. The Morgan fingerprint density at radius 1 is 1.67 bits per heavy atom. The Balaban J connectivity index is 2.46. The summed E-state index contributed by atoms with van der Waals surface area (Å²) in [6.07, 6.45) is 1.14. The van der Waals surface area contributed by atoms with Gasteiger partial charge in [0.05, 0.1) is 11.4 Å². The number of fused-ring (bicyclic) bond motifs is 1. The van der Waals surface area contributed by atoms with E-state index < -0.39 is 0 Å². The third-order valence-corrected chi connectivity index (χ3v) is 3.26. The van der Waals surface area contributed by atoms with E-state index in [1.54, 1.807) is 0 Å². The highest BCUT2D eigenvalue weighted by Gasteiger charge is 2.17. The standard InChI is InChI=1S/C8H13N3S/c1-11-8(4-9)6-2-3-12-5-7(6)10-11/h2-5,9H2,1H3. The largest absolute Gasteiger partial charge is 0.325 e. The quantitative estimate of drug-likeness (QED) is 0.696. The van der Waals surface area contributed by atoms with Crippen molar-refractivity contribution in [1.82, 2.24) is 9.78 Å². The van der Waals surface area contributed by atoms with Gasteiger partial charge in [0.1, 0.15) is 0 Å². The van der Waals surface area contributed by atoms with Gasteiger partial charge in [0.15, 0.2) is 0 Å². The predicted molar refractivity (Wildman–Crippen MR) is 51.0 cm³/mol. The molecule has 0 aliphatic carbocycles. The average Bonchev–Trinajstić information content (AvgIpc) is 2.40. The summed E-state index contributed by atoms with van der Waals surface area (Å²) in [5.41, 5.74) is 9.51. The van der Waals surface area contributed by atoms with E-state index in [9.17, 15) is 0 Å². The van der Waals surface area contributed by atoms with Crippen molar-refractivity contribution in [2.24, 2.45) is 12.8 Å². The number of thioether (sulfide) groups is 1. The van der Waals surface area contributed by atoms with Crippen molar-refractivity contribution in [2.75, 3.05) is 5.75 Å². The molecule has 2 rings (SSSR count). The highest BCUT2D eigenvalue weighted by molar-refractivity contribution is 7.98. The number of hydrogen-bond acceptors (Lipinski definition) is 3. The Kier molecular flexibility index (Phi) is 2.11. The topological polar surface area (TPSA) is 43.8 Å². The molecule has 0 saturated carbocycles. The molecule has 3 nitrogen and oxygen atoms in total. The molecule has 1 aliphatic heterocycles. The van der Waals surface area contributed by atoms with Crippen LogP contribution in [0.3, 0.4) is 0 Å². The van der Waals surface area contributed by atoms with Gasteiger partial charge in [0.2, 0.25) is 0 Å². The summed E-state index contributed by atoms with van der Waals surface area (Å²) < 4.78 is 1.93. The molecular formula is C8H13N3S. The fourth-order valence-corrected chi connectivity index (χ4v) is 2.58. The average molecular weight is 183 g/mol. The van der Waals surface area contributed by atoms with Gasteiger partial charge in [-0.3, -0.25) is 4.68 Å². The summed E-state index contributed by atoms with van der Waals surface area (Å²) in [4.78, 5) is 0. The maximum Gasteiger partial charge on any atom is 0.0759 e. The number of aryl methyl sites for hydroxylation is 1. The van der Waals surface area contributed by atoms with Crippen LogP contribution in [0.2, 0.25) is 0 Å². The lowest BCUT2D eigenvalue weighted by Crippen LogP contribution is -2.08. The fraction of sp³-hybridized carbons (Fsp3) is 0.625. The van der Waals surface area contributed by atoms with E-state index >= 15 is 0 Å². The zero-order valence-corrected chi connectivity index (χ0v) is 8.02. The first-order chi connectivity index (χ1) is 5.83. The fourth-order valence-electron chi connectivity index (χ4n) is 1.67. The smallest absolute Gasteiger partial charge is 0.0759 e. The third-order valence-electron chi connectivity index (χ3n) is 2.29. The van der Waals surface area contributed by atoms with E-state index in [0.29, 0.717) is 6.54 Å². The SMILES string of the molecule is Cn1nc2c(c1CN)CCSC2. The van der Waals surface area contributed by atoms with Gasteiger partial charge in [-0.15, -0.1) is 0 Å². The Labute approximate surface area is 76.3 Å². The maximum atomic E-state index is 5.65. The van der Waals surface area contributed by atoms with Crippen LogP contribution in [-0.2, 0) is 25.8 Å². The van der Waals surface area contributed by atoms with E-state index in [0.717, 1.165) is 12.2 Å². The second-order valence-electron chi connectivity index (χ2n) is 3.00. The van der Waals surface area contributed by atoms with E-state index in [2.05, 4.69) is 5.10 Å². The van der Waals surface area contributed by atoms with Crippen molar-refractivity contribution in [3.05, 3.63) is 17.0 Å². The van der Waals surface area contributed by atoms with Gasteiger partial charge in [-0.25, -0.2) is 0 Å². The molecule has 4 heteroatoms. The van der Waals surface area contributed by atoms with E-state index in [1.165, 1.54) is 22.7 Å². The summed E-state index contributed by atoms with van der Waals surface area (Å²) in [7, 11) is 1.98. The van der Waals surface area contributed by atoms with Crippen molar-refractivity contribution >= 4 is 11.8 Å². The molecule has 2 N–H and O–H groups in total. The predicted octanol–water partition coefficient (Wildman–Crippen LogP) is 0.668. The number of nitrogens with zero attached hydrogens (tertiary/aromatic N) is 2. The minimum Gasteiger partial charge on any atom is -0.325 e. The van der Waals surface area contributed by atoms with Crippen LogP contribution in [0.5, 0.6) is 0 Å². The van der Waals surface area contributed by atoms with Crippen LogP contribution < -0.4 is 5.73 Å². The highest BCUT2D eigenvalue weighted by Crippen LogP contribution is 2.25. The molecule has 1 aromatic rings. The molecule has 0 unspecified atom stereocenters. The first-order valence-corrected chi connectivity index (χ1v) is 5.30. The molecule has 0 aromatic carbocycles. The molecule has 0 atom stereocenters. The van der Waals surface area contributed by atoms with Crippen LogP contribution in [0.4, 0.5) is 0 Å². The second-order valence-corrected chi connectivity index (χ2v) is 4.11. The normalized spacial score (nSPS) is 16.2. The van der Waals surface area contributed by atoms with Gasteiger partial charge >= 0.3 is 0 Å². The Morgan fingerprint density at radius 3 is 3.25 bits per heavy atom. The van der Waals surface area contributed by atoms with Crippen molar-refractivity contribution in [3.8, 4) is 0 Å². The molecule has 0 radical (unpaired) electrons. The zero-order chi connectivity index (χ0) is 8.55. The van der Waals surface area contributed by atoms with Crippen LogP contribution in [0.1, 0.15) is 17.0 Å². The minimum atomic E-state index is 0.615. The van der Waals surface area contributed by atoms with E-state index in [-0.39, 0.29) is 0 Å². The molecule has 0 spiro atoms. The molecule has 0 saturated heterocycles. The number of hydrogen-bond donors (Lipinski definition) is 1. The first-order valence-electron chi connectivity index (χ1n) is 4.14. The summed E-state index contributed by atoms with van der Waals surface area (Å²) in [6, 6.07) is 0. The second kappa shape index (κ2) is 3.11. The van der Waals surface area contributed by atoms with Crippen molar-refractivity contribution in [3.63, 3.8) is 0 Å². The highest BCUT2D eigenvalue weighted by atomic mass is 32.2.